The molecule has 156 valence electrons. The third-order valence-electron chi connectivity index (χ3n) is 4.82. The van der Waals surface area contributed by atoms with Crippen molar-refractivity contribution in [2.75, 3.05) is 37.8 Å². The van der Waals surface area contributed by atoms with Gasteiger partial charge in [-0.2, -0.15) is 0 Å². The minimum atomic E-state index is -0.409. The SMILES string of the molecule is CNCCC(=O)Nc1cccc2c1C(=O)c1c(NC(=O)CCNC)cccc1C2=O. The molecule has 1 aliphatic rings. The highest BCUT2D eigenvalue weighted by Gasteiger charge is 2.34. The number of rotatable bonds is 8. The van der Waals surface area contributed by atoms with Gasteiger partial charge in [-0.05, 0) is 26.2 Å². The molecule has 0 radical (unpaired) electrons. The van der Waals surface area contributed by atoms with Crippen LogP contribution in [0.4, 0.5) is 11.4 Å². The maximum absolute atomic E-state index is 13.4. The van der Waals surface area contributed by atoms with Crippen LogP contribution in [0.1, 0.15) is 44.7 Å². The van der Waals surface area contributed by atoms with Crippen LogP contribution in [0.5, 0.6) is 0 Å². The zero-order valence-electron chi connectivity index (χ0n) is 16.9. The molecule has 2 amide bonds. The molecule has 0 heterocycles. The summed E-state index contributed by atoms with van der Waals surface area (Å²) in [6, 6.07) is 9.60. The van der Waals surface area contributed by atoms with Crippen molar-refractivity contribution < 1.29 is 19.2 Å². The summed E-state index contributed by atoms with van der Waals surface area (Å²) in [6.45, 7) is 0.971. The molecule has 4 N–H and O–H groups in total. The maximum atomic E-state index is 13.4. The average Bonchev–Trinajstić information content (AvgIpc) is 2.74. The molecule has 2 aromatic carbocycles. The number of ketones is 2. The van der Waals surface area contributed by atoms with Gasteiger partial charge < -0.3 is 21.3 Å². The molecule has 30 heavy (non-hydrogen) atoms. The first kappa shape index (κ1) is 21.4. The third-order valence-corrected chi connectivity index (χ3v) is 4.82. The number of amides is 2. The smallest absolute Gasteiger partial charge is 0.225 e. The Morgan fingerprint density at radius 2 is 1.13 bits per heavy atom. The zero-order valence-corrected chi connectivity index (χ0v) is 16.9. The molecule has 0 spiro atoms. The van der Waals surface area contributed by atoms with Crippen molar-refractivity contribution in [3.8, 4) is 0 Å². The van der Waals surface area contributed by atoms with E-state index in [1.165, 1.54) is 0 Å². The molecule has 1 aliphatic carbocycles. The lowest BCUT2D eigenvalue weighted by Gasteiger charge is -2.22. The Kier molecular flexibility index (Phi) is 6.71. The predicted molar refractivity (Wildman–Crippen MR) is 114 cm³/mol. The summed E-state index contributed by atoms with van der Waals surface area (Å²) in [4.78, 5) is 50.9. The summed E-state index contributed by atoms with van der Waals surface area (Å²) in [6.07, 6.45) is 0.456. The molecule has 8 heteroatoms. The molecule has 0 saturated carbocycles. The molecular formula is C22H24N4O4. The summed E-state index contributed by atoms with van der Waals surface area (Å²) in [5.41, 5.74) is 1.33. The Labute approximate surface area is 174 Å². The largest absolute Gasteiger partial charge is 0.325 e. The van der Waals surface area contributed by atoms with E-state index < -0.39 is 5.78 Å². The van der Waals surface area contributed by atoms with Crippen molar-refractivity contribution in [1.82, 2.24) is 10.6 Å². The standard InChI is InChI=1S/C22H24N4O4/c1-23-11-9-17(27)25-15-7-3-5-13-19(15)22(30)20-14(21(13)29)6-4-8-16(20)26-18(28)10-12-24-2/h3-8,23-24H,9-12H2,1-2H3,(H,25,27)(H,26,28). The fraction of sp³-hybridized carbons (Fsp3) is 0.273. The minimum Gasteiger partial charge on any atom is -0.325 e. The van der Waals surface area contributed by atoms with E-state index in [0.29, 0.717) is 13.1 Å². The van der Waals surface area contributed by atoms with Crippen LogP contribution < -0.4 is 21.3 Å². The van der Waals surface area contributed by atoms with E-state index in [1.54, 1.807) is 50.5 Å². The van der Waals surface area contributed by atoms with E-state index >= 15 is 0 Å². The lowest BCUT2D eigenvalue weighted by Crippen LogP contribution is -2.27. The van der Waals surface area contributed by atoms with Gasteiger partial charge in [0.1, 0.15) is 0 Å². The fourth-order valence-electron chi connectivity index (χ4n) is 3.35. The van der Waals surface area contributed by atoms with Crippen molar-refractivity contribution in [3.05, 3.63) is 58.7 Å². The highest BCUT2D eigenvalue weighted by atomic mass is 16.2. The van der Waals surface area contributed by atoms with Crippen LogP contribution in [0, 0.1) is 0 Å². The fourth-order valence-corrected chi connectivity index (χ4v) is 3.35. The molecular weight excluding hydrogens is 384 g/mol. The normalized spacial score (nSPS) is 12.2. The van der Waals surface area contributed by atoms with Crippen molar-refractivity contribution >= 4 is 34.8 Å². The second-order valence-electron chi connectivity index (χ2n) is 6.92. The van der Waals surface area contributed by atoms with E-state index in [9.17, 15) is 19.2 Å². The molecule has 2 aromatic rings. The summed E-state index contributed by atoms with van der Waals surface area (Å²) in [5, 5.41) is 11.2. The van der Waals surface area contributed by atoms with Gasteiger partial charge in [0, 0.05) is 37.1 Å². The van der Waals surface area contributed by atoms with Crippen molar-refractivity contribution in [2.45, 2.75) is 12.8 Å². The Morgan fingerprint density at radius 3 is 1.53 bits per heavy atom. The van der Waals surface area contributed by atoms with Gasteiger partial charge in [0.25, 0.3) is 0 Å². The van der Waals surface area contributed by atoms with Crippen LogP contribution in [0.25, 0.3) is 0 Å². The molecule has 0 fully saturated rings. The van der Waals surface area contributed by atoms with Gasteiger partial charge in [0.05, 0.1) is 22.5 Å². The predicted octanol–water partition coefficient (Wildman–Crippen LogP) is 1.56. The number of anilines is 2. The highest BCUT2D eigenvalue weighted by molar-refractivity contribution is 6.32. The molecule has 0 saturated heterocycles. The summed E-state index contributed by atoms with van der Waals surface area (Å²) < 4.78 is 0. The van der Waals surface area contributed by atoms with Gasteiger partial charge in [-0.25, -0.2) is 0 Å². The molecule has 3 rings (SSSR count). The lowest BCUT2D eigenvalue weighted by molar-refractivity contribution is -0.116. The van der Waals surface area contributed by atoms with E-state index in [1.807, 2.05) is 0 Å². The van der Waals surface area contributed by atoms with Gasteiger partial charge in [-0.15, -0.1) is 0 Å². The monoisotopic (exact) mass is 408 g/mol. The topological polar surface area (TPSA) is 116 Å². The van der Waals surface area contributed by atoms with Crippen LogP contribution in [-0.4, -0.2) is 50.6 Å². The van der Waals surface area contributed by atoms with Gasteiger partial charge in [-0.3, -0.25) is 19.2 Å². The molecule has 0 bridgehead atoms. The molecule has 0 aliphatic heterocycles. The first-order valence-electron chi connectivity index (χ1n) is 9.72. The average molecular weight is 408 g/mol. The molecule has 0 atom stereocenters. The Balaban J connectivity index is 1.99. The number of nitrogens with one attached hydrogen (secondary N) is 4. The minimum absolute atomic E-state index is 0.143. The second-order valence-corrected chi connectivity index (χ2v) is 6.92. The van der Waals surface area contributed by atoms with Crippen molar-refractivity contribution in [1.29, 1.82) is 0 Å². The van der Waals surface area contributed by atoms with Gasteiger partial charge in [0.2, 0.25) is 11.8 Å². The van der Waals surface area contributed by atoms with E-state index in [4.69, 9.17) is 0 Å². The number of benzene rings is 2. The van der Waals surface area contributed by atoms with Gasteiger partial charge in [-0.1, -0.05) is 24.3 Å². The quantitative estimate of drug-likeness (QED) is 0.450. The van der Waals surface area contributed by atoms with E-state index in [-0.39, 0.29) is 64.1 Å². The van der Waals surface area contributed by atoms with Crippen LogP contribution >= 0.6 is 0 Å². The van der Waals surface area contributed by atoms with E-state index in [0.717, 1.165) is 0 Å². The second kappa shape index (κ2) is 9.43. The molecule has 0 unspecified atom stereocenters. The number of hydrogen-bond donors (Lipinski definition) is 4. The summed E-state index contributed by atoms with van der Waals surface area (Å²) in [5.74, 6) is -1.26. The Hall–Kier alpha value is -3.36. The van der Waals surface area contributed by atoms with Gasteiger partial charge in [0.15, 0.2) is 11.6 Å². The van der Waals surface area contributed by atoms with Crippen LogP contribution in [0.15, 0.2) is 36.4 Å². The van der Waals surface area contributed by atoms with E-state index in [2.05, 4.69) is 21.3 Å². The summed E-state index contributed by atoms with van der Waals surface area (Å²) in [7, 11) is 3.48. The zero-order chi connectivity index (χ0) is 21.7. The Morgan fingerprint density at radius 1 is 0.700 bits per heavy atom. The first-order valence-corrected chi connectivity index (χ1v) is 9.72. The number of carbonyl (C=O) groups excluding carboxylic acids is 4. The highest BCUT2D eigenvalue weighted by Crippen LogP contribution is 2.35. The van der Waals surface area contributed by atoms with Crippen LogP contribution in [0.2, 0.25) is 0 Å². The Bertz CT molecular complexity index is 939. The van der Waals surface area contributed by atoms with Crippen LogP contribution in [0.3, 0.4) is 0 Å². The number of hydrogen-bond acceptors (Lipinski definition) is 6. The van der Waals surface area contributed by atoms with Crippen molar-refractivity contribution in [2.24, 2.45) is 0 Å². The molecule has 8 nitrogen and oxygen atoms in total. The first-order chi connectivity index (χ1) is 14.5. The van der Waals surface area contributed by atoms with Crippen molar-refractivity contribution in [3.63, 3.8) is 0 Å². The number of carbonyl (C=O) groups is 4. The maximum Gasteiger partial charge on any atom is 0.225 e. The molecule has 0 aromatic heterocycles. The number of fused-ring (bicyclic) bond motifs is 2. The van der Waals surface area contributed by atoms with Gasteiger partial charge >= 0.3 is 0 Å². The summed E-state index contributed by atoms with van der Waals surface area (Å²) >= 11 is 0. The third kappa shape index (κ3) is 4.29. The lowest BCUT2D eigenvalue weighted by atomic mass is 9.82. The van der Waals surface area contributed by atoms with Crippen LogP contribution in [-0.2, 0) is 9.59 Å².